The van der Waals surface area contributed by atoms with Gasteiger partial charge in [0.25, 0.3) is 5.91 Å². The Morgan fingerprint density at radius 3 is 2.65 bits per heavy atom. The van der Waals surface area contributed by atoms with E-state index in [0.717, 1.165) is 21.8 Å². The normalized spacial score (nSPS) is 10.5. The van der Waals surface area contributed by atoms with Crippen LogP contribution < -0.4 is 0 Å². The van der Waals surface area contributed by atoms with E-state index in [1.54, 1.807) is 24.3 Å². The largest absolute Gasteiger partial charge is 0.337 e. The number of pyridine rings is 1. The van der Waals surface area contributed by atoms with Gasteiger partial charge in [-0.1, -0.05) is 36.4 Å². The van der Waals surface area contributed by atoms with E-state index in [0.29, 0.717) is 11.4 Å². The Balaban J connectivity index is 1.81. The van der Waals surface area contributed by atoms with Gasteiger partial charge in [0, 0.05) is 31.5 Å². The minimum atomic E-state index is -0.00830. The highest BCUT2D eigenvalue weighted by molar-refractivity contribution is 7.17. The SMILES string of the molecule is Cc1nc(-c2ccccc2)sc1C(=O)N(C)Cc1cccnc1. The van der Waals surface area contributed by atoms with Gasteiger partial charge in [0.1, 0.15) is 9.88 Å². The number of aromatic nitrogens is 2. The lowest BCUT2D eigenvalue weighted by Crippen LogP contribution is -2.26. The molecule has 116 valence electrons. The zero-order valence-electron chi connectivity index (χ0n) is 13.1. The molecule has 2 heterocycles. The number of amides is 1. The van der Waals surface area contributed by atoms with Gasteiger partial charge in [-0.2, -0.15) is 0 Å². The fraction of sp³-hybridized carbons (Fsp3) is 0.167. The average Bonchev–Trinajstić information content (AvgIpc) is 2.97. The Hall–Kier alpha value is -2.53. The van der Waals surface area contributed by atoms with Gasteiger partial charge in [-0.25, -0.2) is 4.98 Å². The van der Waals surface area contributed by atoms with Crippen molar-refractivity contribution in [1.82, 2.24) is 14.9 Å². The van der Waals surface area contributed by atoms with Crippen LogP contribution in [0.15, 0.2) is 54.9 Å². The summed E-state index contributed by atoms with van der Waals surface area (Å²) in [7, 11) is 1.80. The van der Waals surface area contributed by atoms with Crippen molar-refractivity contribution < 1.29 is 4.79 Å². The molecule has 2 aromatic heterocycles. The average molecular weight is 323 g/mol. The molecule has 0 atom stereocenters. The molecule has 1 amide bonds. The highest BCUT2D eigenvalue weighted by Gasteiger charge is 2.19. The summed E-state index contributed by atoms with van der Waals surface area (Å²) in [6.45, 7) is 2.42. The third-order valence-corrected chi connectivity index (χ3v) is 4.70. The van der Waals surface area contributed by atoms with E-state index >= 15 is 0 Å². The molecule has 0 saturated carbocycles. The molecule has 3 aromatic rings. The molecule has 5 heteroatoms. The molecular formula is C18H17N3OS. The molecule has 0 aliphatic rings. The molecule has 0 N–H and O–H groups in total. The molecule has 4 nitrogen and oxygen atoms in total. The lowest BCUT2D eigenvalue weighted by Gasteiger charge is -2.16. The van der Waals surface area contributed by atoms with Crippen LogP contribution >= 0.6 is 11.3 Å². The van der Waals surface area contributed by atoms with Gasteiger partial charge >= 0.3 is 0 Å². The second kappa shape index (κ2) is 6.71. The summed E-state index contributed by atoms with van der Waals surface area (Å²) in [4.78, 5) is 23.7. The van der Waals surface area contributed by atoms with E-state index in [4.69, 9.17) is 0 Å². The van der Waals surface area contributed by atoms with Gasteiger partial charge in [0.2, 0.25) is 0 Å². The molecule has 0 radical (unpaired) electrons. The molecule has 0 bridgehead atoms. The third-order valence-electron chi connectivity index (χ3n) is 3.50. The number of rotatable bonds is 4. The Morgan fingerprint density at radius 1 is 1.17 bits per heavy atom. The molecule has 0 unspecified atom stereocenters. The minimum absolute atomic E-state index is 0.00830. The van der Waals surface area contributed by atoms with Crippen LogP contribution in [0.3, 0.4) is 0 Å². The number of benzene rings is 1. The van der Waals surface area contributed by atoms with Crippen LogP contribution in [0.25, 0.3) is 10.6 Å². The van der Waals surface area contributed by atoms with Gasteiger partial charge in [0.15, 0.2) is 0 Å². The standard InChI is InChI=1S/C18H17N3OS/c1-13-16(23-17(20-13)15-8-4-3-5-9-15)18(22)21(2)12-14-7-6-10-19-11-14/h3-11H,12H2,1-2H3. The summed E-state index contributed by atoms with van der Waals surface area (Å²) in [6.07, 6.45) is 3.50. The number of thiazole rings is 1. The second-order valence-corrected chi connectivity index (χ2v) is 6.32. The summed E-state index contributed by atoms with van der Waals surface area (Å²) in [5, 5.41) is 0.876. The molecule has 0 aliphatic heterocycles. The quantitative estimate of drug-likeness (QED) is 0.734. The van der Waals surface area contributed by atoms with Gasteiger partial charge < -0.3 is 4.90 Å². The number of aryl methyl sites for hydroxylation is 1. The molecule has 0 aliphatic carbocycles. The van der Waals surface area contributed by atoms with Gasteiger partial charge in [-0.15, -0.1) is 11.3 Å². The van der Waals surface area contributed by atoms with E-state index in [9.17, 15) is 4.79 Å². The van der Waals surface area contributed by atoms with Gasteiger partial charge in [0.05, 0.1) is 5.69 Å². The third kappa shape index (κ3) is 3.46. The summed E-state index contributed by atoms with van der Waals surface area (Å²) in [5.41, 5.74) is 2.82. The van der Waals surface area contributed by atoms with Crippen LogP contribution in [0.4, 0.5) is 0 Å². The minimum Gasteiger partial charge on any atom is -0.337 e. The number of carbonyl (C=O) groups excluding carboxylic acids is 1. The fourth-order valence-electron chi connectivity index (χ4n) is 2.31. The molecule has 0 spiro atoms. The Kier molecular flexibility index (Phi) is 4.48. The predicted molar refractivity (Wildman–Crippen MR) is 92.3 cm³/mol. The summed E-state index contributed by atoms with van der Waals surface area (Å²) in [6, 6.07) is 13.8. The van der Waals surface area contributed by atoms with Crippen LogP contribution in [0.2, 0.25) is 0 Å². The highest BCUT2D eigenvalue weighted by atomic mass is 32.1. The van der Waals surface area contributed by atoms with E-state index in [1.807, 2.05) is 49.4 Å². The first-order chi connectivity index (χ1) is 11.1. The van der Waals surface area contributed by atoms with Crippen molar-refractivity contribution >= 4 is 17.2 Å². The van der Waals surface area contributed by atoms with Crippen molar-refractivity contribution in [2.45, 2.75) is 13.5 Å². The van der Waals surface area contributed by atoms with Crippen LogP contribution in [-0.2, 0) is 6.54 Å². The zero-order valence-corrected chi connectivity index (χ0v) is 13.9. The first kappa shape index (κ1) is 15.4. The molecule has 23 heavy (non-hydrogen) atoms. The summed E-state index contributed by atoms with van der Waals surface area (Å²) < 4.78 is 0. The van der Waals surface area contributed by atoms with E-state index in [2.05, 4.69) is 9.97 Å². The van der Waals surface area contributed by atoms with Crippen LogP contribution in [-0.4, -0.2) is 27.8 Å². The van der Waals surface area contributed by atoms with Crippen molar-refractivity contribution in [1.29, 1.82) is 0 Å². The number of nitrogens with zero attached hydrogens (tertiary/aromatic N) is 3. The molecule has 0 fully saturated rings. The Bertz CT molecular complexity index is 800. The number of hydrogen-bond acceptors (Lipinski definition) is 4. The first-order valence-electron chi connectivity index (χ1n) is 7.32. The number of carbonyl (C=O) groups is 1. The lowest BCUT2D eigenvalue weighted by atomic mass is 10.2. The van der Waals surface area contributed by atoms with Crippen molar-refractivity contribution in [3.8, 4) is 10.6 Å². The van der Waals surface area contributed by atoms with Crippen LogP contribution in [0, 0.1) is 6.92 Å². The van der Waals surface area contributed by atoms with Crippen molar-refractivity contribution in [2.75, 3.05) is 7.05 Å². The van der Waals surface area contributed by atoms with E-state index < -0.39 is 0 Å². The fourth-order valence-corrected chi connectivity index (χ4v) is 3.38. The van der Waals surface area contributed by atoms with Crippen LogP contribution in [0.5, 0.6) is 0 Å². The molecular weight excluding hydrogens is 306 g/mol. The highest BCUT2D eigenvalue weighted by Crippen LogP contribution is 2.28. The smallest absolute Gasteiger partial charge is 0.265 e. The second-order valence-electron chi connectivity index (χ2n) is 5.32. The molecule has 3 rings (SSSR count). The maximum absolute atomic E-state index is 12.7. The van der Waals surface area contributed by atoms with Crippen LogP contribution in [0.1, 0.15) is 20.9 Å². The van der Waals surface area contributed by atoms with E-state index in [1.165, 1.54) is 11.3 Å². The van der Waals surface area contributed by atoms with Crippen molar-refractivity contribution in [2.24, 2.45) is 0 Å². The van der Waals surface area contributed by atoms with E-state index in [-0.39, 0.29) is 5.91 Å². The Morgan fingerprint density at radius 2 is 1.96 bits per heavy atom. The molecule has 1 aromatic carbocycles. The van der Waals surface area contributed by atoms with Gasteiger partial charge in [-0.05, 0) is 18.6 Å². The summed E-state index contributed by atoms with van der Waals surface area (Å²) in [5.74, 6) is -0.00830. The first-order valence-corrected chi connectivity index (χ1v) is 8.14. The zero-order chi connectivity index (χ0) is 16.2. The number of hydrogen-bond donors (Lipinski definition) is 0. The molecule has 0 saturated heterocycles. The topological polar surface area (TPSA) is 46.1 Å². The lowest BCUT2D eigenvalue weighted by molar-refractivity contribution is 0.0789. The maximum atomic E-state index is 12.7. The van der Waals surface area contributed by atoms with Crippen molar-refractivity contribution in [3.63, 3.8) is 0 Å². The maximum Gasteiger partial charge on any atom is 0.265 e. The van der Waals surface area contributed by atoms with Gasteiger partial charge in [-0.3, -0.25) is 9.78 Å². The van der Waals surface area contributed by atoms with Crippen molar-refractivity contribution in [3.05, 3.63) is 71.0 Å². The monoisotopic (exact) mass is 323 g/mol. The predicted octanol–water partition coefficient (Wildman–Crippen LogP) is 3.79. The Labute approximate surface area is 139 Å². The summed E-state index contributed by atoms with van der Waals surface area (Å²) >= 11 is 1.44.